The van der Waals surface area contributed by atoms with Crippen LogP contribution in [0.2, 0.25) is 0 Å². The van der Waals surface area contributed by atoms with Gasteiger partial charge < -0.3 is 15.0 Å². The van der Waals surface area contributed by atoms with Gasteiger partial charge in [-0.1, -0.05) is 12.1 Å². The molecule has 2 amide bonds. The Morgan fingerprint density at radius 3 is 2.77 bits per heavy atom. The molecule has 1 atom stereocenters. The molecule has 1 aliphatic rings. The molecule has 7 nitrogen and oxygen atoms in total. The van der Waals surface area contributed by atoms with Gasteiger partial charge in [-0.3, -0.25) is 19.7 Å². The summed E-state index contributed by atoms with van der Waals surface area (Å²) in [6, 6.07) is 4.59. The van der Waals surface area contributed by atoms with Crippen LogP contribution in [0.4, 0.5) is 4.39 Å². The number of hydrogen-bond acceptors (Lipinski definition) is 5. The summed E-state index contributed by atoms with van der Waals surface area (Å²) in [6.07, 6.45) is -0.519. The number of rotatable bonds is 4. The van der Waals surface area contributed by atoms with Crippen LogP contribution in [0.25, 0.3) is 0 Å². The molecule has 2 N–H and O–H groups in total. The van der Waals surface area contributed by atoms with E-state index < -0.39 is 23.7 Å². The van der Waals surface area contributed by atoms with Crippen LogP contribution in [0.15, 0.2) is 24.3 Å². The molecule has 1 aliphatic heterocycles. The SMILES string of the molecule is CC(C)OC(=O)CC1C(=O)NCCN1C(=S)NC(=O)c1ccccc1F. The molecular formula is C17H20FN3O4S. The molecule has 1 aromatic rings. The lowest BCUT2D eigenvalue weighted by atomic mass is 10.1. The number of esters is 1. The largest absolute Gasteiger partial charge is 0.463 e. The smallest absolute Gasteiger partial charge is 0.308 e. The molecule has 0 aliphatic carbocycles. The summed E-state index contributed by atoms with van der Waals surface area (Å²) in [5, 5.41) is 5.02. The molecule has 9 heteroatoms. The van der Waals surface area contributed by atoms with Crippen molar-refractivity contribution in [2.45, 2.75) is 32.4 Å². The maximum Gasteiger partial charge on any atom is 0.308 e. The van der Waals surface area contributed by atoms with Gasteiger partial charge in [-0.05, 0) is 38.2 Å². The summed E-state index contributed by atoms with van der Waals surface area (Å²) in [5.74, 6) is -2.33. The van der Waals surface area contributed by atoms with Gasteiger partial charge in [0.2, 0.25) is 5.91 Å². The van der Waals surface area contributed by atoms with Crippen molar-refractivity contribution in [2.24, 2.45) is 0 Å². The second kappa shape index (κ2) is 8.70. The molecule has 0 aromatic heterocycles. The molecule has 0 saturated carbocycles. The van der Waals surface area contributed by atoms with E-state index in [1.807, 2.05) is 0 Å². The third kappa shape index (κ3) is 4.98. The Morgan fingerprint density at radius 2 is 2.12 bits per heavy atom. The molecule has 26 heavy (non-hydrogen) atoms. The van der Waals surface area contributed by atoms with Crippen LogP contribution >= 0.6 is 12.2 Å². The molecule has 0 radical (unpaired) electrons. The van der Waals surface area contributed by atoms with E-state index in [1.54, 1.807) is 13.8 Å². The van der Waals surface area contributed by atoms with E-state index in [-0.39, 0.29) is 29.1 Å². The number of nitrogens with zero attached hydrogens (tertiary/aromatic N) is 1. The highest BCUT2D eigenvalue weighted by molar-refractivity contribution is 7.80. The number of thiocarbonyl (C=S) groups is 1. The first-order valence-electron chi connectivity index (χ1n) is 8.13. The summed E-state index contributed by atoms with van der Waals surface area (Å²) in [4.78, 5) is 37.7. The summed E-state index contributed by atoms with van der Waals surface area (Å²) in [6.45, 7) is 4.03. The second-order valence-electron chi connectivity index (χ2n) is 5.98. The number of ether oxygens (including phenoxy) is 1. The topological polar surface area (TPSA) is 87.7 Å². The van der Waals surface area contributed by atoms with Gasteiger partial charge in [0.25, 0.3) is 5.91 Å². The highest BCUT2D eigenvalue weighted by atomic mass is 32.1. The number of carbonyl (C=O) groups is 3. The molecule has 1 unspecified atom stereocenters. The average Bonchev–Trinajstić information content (AvgIpc) is 2.56. The Hall–Kier alpha value is -2.55. The van der Waals surface area contributed by atoms with Crippen LogP contribution in [0.5, 0.6) is 0 Å². The van der Waals surface area contributed by atoms with Crippen molar-refractivity contribution in [3.05, 3.63) is 35.6 Å². The molecule has 1 heterocycles. The van der Waals surface area contributed by atoms with E-state index in [2.05, 4.69) is 10.6 Å². The summed E-state index contributed by atoms with van der Waals surface area (Å²) < 4.78 is 18.8. The average molecular weight is 381 g/mol. The number of piperazine rings is 1. The molecule has 2 rings (SSSR count). The van der Waals surface area contributed by atoms with Gasteiger partial charge in [0.1, 0.15) is 11.9 Å². The molecule has 0 bridgehead atoms. The van der Waals surface area contributed by atoms with Crippen molar-refractivity contribution in [1.82, 2.24) is 15.5 Å². The van der Waals surface area contributed by atoms with Crippen molar-refractivity contribution in [3.8, 4) is 0 Å². The fourth-order valence-electron chi connectivity index (χ4n) is 2.51. The molecule has 0 spiro atoms. The molecular weight excluding hydrogens is 361 g/mol. The summed E-state index contributed by atoms with van der Waals surface area (Å²) in [7, 11) is 0. The Balaban J connectivity index is 2.09. The van der Waals surface area contributed by atoms with Crippen LogP contribution in [0, 0.1) is 5.82 Å². The van der Waals surface area contributed by atoms with Gasteiger partial charge in [-0.25, -0.2) is 4.39 Å². The number of nitrogens with one attached hydrogen (secondary N) is 2. The fourth-order valence-corrected chi connectivity index (χ4v) is 2.82. The van der Waals surface area contributed by atoms with Crippen molar-refractivity contribution >= 4 is 35.1 Å². The second-order valence-corrected chi connectivity index (χ2v) is 6.37. The highest BCUT2D eigenvalue weighted by Crippen LogP contribution is 2.12. The maximum absolute atomic E-state index is 13.7. The van der Waals surface area contributed by atoms with Crippen LogP contribution < -0.4 is 10.6 Å². The van der Waals surface area contributed by atoms with Gasteiger partial charge in [0.15, 0.2) is 5.11 Å². The Bertz CT molecular complexity index is 726. The normalized spacial score (nSPS) is 16.8. The monoisotopic (exact) mass is 381 g/mol. The lowest BCUT2D eigenvalue weighted by Crippen LogP contribution is -2.60. The Morgan fingerprint density at radius 1 is 1.42 bits per heavy atom. The number of benzene rings is 1. The first-order valence-corrected chi connectivity index (χ1v) is 8.54. The van der Waals surface area contributed by atoms with Crippen molar-refractivity contribution in [3.63, 3.8) is 0 Å². The molecule has 140 valence electrons. The zero-order chi connectivity index (χ0) is 19.3. The van der Waals surface area contributed by atoms with Crippen molar-refractivity contribution < 1.29 is 23.5 Å². The predicted molar refractivity (Wildman–Crippen MR) is 95.8 cm³/mol. The van der Waals surface area contributed by atoms with Crippen molar-refractivity contribution in [1.29, 1.82) is 0 Å². The lowest BCUT2D eigenvalue weighted by Gasteiger charge is -2.36. The Kier molecular flexibility index (Phi) is 6.62. The van der Waals surface area contributed by atoms with Gasteiger partial charge in [-0.15, -0.1) is 0 Å². The standard InChI is InChI=1S/C17H20FN3O4S/c1-10(2)25-14(22)9-13-16(24)19-7-8-21(13)17(26)20-15(23)11-5-3-4-6-12(11)18/h3-6,10,13H,7-9H2,1-2H3,(H,19,24)(H,20,23,26). The summed E-state index contributed by atoms with van der Waals surface area (Å²) >= 11 is 5.20. The third-order valence-electron chi connectivity index (χ3n) is 3.66. The van der Waals surface area contributed by atoms with Crippen LogP contribution in [0.1, 0.15) is 30.6 Å². The minimum Gasteiger partial charge on any atom is -0.463 e. The Labute approximate surface area is 155 Å². The zero-order valence-corrected chi connectivity index (χ0v) is 15.3. The van der Waals surface area contributed by atoms with Gasteiger partial charge >= 0.3 is 5.97 Å². The van der Waals surface area contributed by atoms with Crippen LogP contribution in [-0.2, 0) is 14.3 Å². The van der Waals surface area contributed by atoms with E-state index in [0.29, 0.717) is 13.1 Å². The molecule has 1 saturated heterocycles. The van der Waals surface area contributed by atoms with Crippen LogP contribution in [0.3, 0.4) is 0 Å². The van der Waals surface area contributed by atoms with E-state index in [9.17, 15) is 18.8 Å². The lowest BCUT2D eigenvalue weighted by molar-refractivity contribution is -0.150. The number of halogens is 1. The fraction of sp³-hybridized carbons (Fsp3) is 0.412. The first kappa shape index (κ1) is 19.8. The predicted octanol–water partition coefficient (Wildman–Crippen LogP) is 0.983. The highest BCUT2D eigenvalue weighted by Gasteiger charge is 2.34. The number of amides is 2. The van der Waals surface area contributed by atoms with Crippen molar-refractivity contribution in [2.75, 3.05) is 13.1 Å². The number of hydrogen-bond donors (Lipinski definition) is 2. The van der Waals surface area contributed by atoms with E-state index in [0.717, 1.165) is 6.07 Å². The van der Waals surface area contributed by atoms with Gasteiger partial charge in [0, 0.05) is 13.1 Å². The first-order chi connectivity index (χ1) is 12.3. The maximum atomic E-state index is 13.7. The van der Waals surface area contributed by atoms with Gasteiger partial charge in [0.05, 0.1) is 18.1 Å². The molecule has 1 fully saturated rings. The van der Waals surface area contributed by atoms with E-state index >= 15 is 0 Å². The minimum atomic E-state index is -0.900. The number of carbonyl (C=O) groups excluding carboxylic acids is 3. The molecule has 1 aromatic carbocycles. The van der Waals surface area contributed by atoms with E-state index in [4.69, 9.17) is 17.0 Å². The third-order valence-corrected chi connectivity index (χ3v) is 3.99. The summed E-state index contributed by atoms with van der Waals surface area (Å²) in [5.41, 5.74) is -0.160. The van der Waals surface area contributed by atoms with Crippen LogP contribution in [-0.4, -0.2) is 53.0 Å². The van der Waals surface area contributed by atoms with Gasteiger partial charge in [-0.2, -0.15) is 0 Å². The zero-order valence-electron chi connectivity index (χ0n) is 14.5. The minimum absolute atomic E-state index is 0.0459. The van der Waals surface area contributed by atoms with E-state index in [1.165, 1.54) is 23.1 Å². The quantitative estimate of drug-likeness (QED) is 0.597.